The largest absolute Gasteiger partial charge is 0.376 e. The molecule has 1 aromatic heterocycles. The molecule has 0 fully saturated rings. The quantitative estimate of drug-likeness (QED) is 0.904. The number of anilines is 1. The standard InChI is InChI=1S/C12H12ClFN2S/c1-2-11-16-8(7-17-11)6-15-12-9(13)4-3-5-10(12)14/h3-5,7,15H,2,6H2,1H3. The number of hydrogen-bond acceptors (Lipinski definition) is 3. The maximum atomic E-state index is 13.5. The summed E-state index contributed by atoms with van der Waals surface area (Å²) in [7, 11) is 0. The molecule has 0 unspecified atom stereocenters. The van der Waals surface area contributed by atoms with Crippen LogP contribution in [-0.4, -0.2) is 4.98 Å². The third-order valence-electron chi connectivity index (χ3n) is 2.31. The fourth-order valence-corrected chi connectivity index (χ4v) is 2.41. The number of thiazole rings is 1. The summed E-state index contributed by atoms with van der Waals surface area (Å²) >= 11 is 7.52. The fraction of sp³-hybridized carbons (Fsp3) is 0.250. The maximum Gasteiger partial charge on any atom is 0.147 e. The minimum Gasteiger partial charge on any atom is -0.376 e. The Morgan fingerprint density at radius 2 is 2.29 bits per heavy atom. The smallest absolute Gasteiger partial charge is 0.147 e. The van der Waals surface area contributed by atoms with E-state index < -0.39 is 0 Å². The van der Waals surface area contributed by atoms with E-state index >= 15 is 0 Å². The number of halogens is 2. The average Bonchev–Trinajstić information content (AvgIpc) is 2.76. The summed E-state index contributed by atoms with van der Waals surface area (Å²) in [5.41, 5.74) is 1.24. The van der Waals surface area contributed by atoms with Crippen LogP contribution in [0.1, 0.15) is 17.6 Å². The molecule has 2 rings (SSSR count). The van der Waals surface area contributed by atoms with E-state index in [0.717, 1.165) is 17.1 Å². The van der Waals surface area contributed by atoms with Gasteiger partial charge in [-0.1, -0.05) is 24.6 Å². The lowest BCUT2D eigenvalue weighted by Gasteiger charge is -2.07. The van der Waals surface area contributed by atoms with Gasteiger partial charge < -0.3 is 5.32 Å². The normalized spacial score (nSPS) is 10.5. The van der Waals surface area contributed by atoms with Gasteiger partial charge in [0.05, 0.1) is 28.0 Å². The van der Waals surface area contributed by atoms with Gasteiger partial charge in [0.25, 0.3) is 0 Å². The Bertz CT molecular complexity index is 493. The van der Waals surface area contributed by atoms with Crippen molar-refractivity contribution in [2.24, 2.45) is 0 Å². The Morgan fingerprint density at radius 1 is 1.47 bits per heavy atom. The third kappa shape index (κ3) is 2.96. The minimum atomic E-state index is -0.344. The molecule has 0 amide bonds. The van der Waals surface area contributed by atoms with Gasteiger partial charge in [-0.25, -0.2) is 9.37 Å². The Kier molecular flexibility index (Phi) is 3.97. The van der Waals surface area contributed by atoms with E-state index in [9.17, 15) is 4.39 Å². The molecule has 90 valence electrons. The van der Waals surface area contributed by atoms with Crippen LogP contribution in [0.3, 0.4) is 0 Å². The third-order valence-corrected chi connectivity index (χ3v) is 3.67. The van der Waals surface area contributed by atoms with Crippen molar-refractivity contribution >= 4 is 28.6 Å². The monoisotopic (exact) mass is 270 g/mol. The van der Waals surface area contributed by atoms with Crippen LogP contribution in [0.2, 0.25) is 5.02 Å². The zero-order chi connectivity index (χ0) is 12.3. The van der Waals surface area contributed by atoms with Gasteiger partial charge in [0.15, 0.2) is 0 Å². The molecule has 17 heavy (non-hydrogen) atoms. The number of para-hydroxylation sites is 1. The molecular formula is C12H12ClFN2S. The van der Waals surface area contributed by atoms with Crippen LogP contribution in [-0.2, 0) is 13.0 Å². The highest BCUT2D eigenvalue weighted by atomic mass is 35.5. The van der Waals surface area contributed by atoms with Crippen molar-refractivity contribution in [1.82, 2.24) is 4.98 Å². The van der Waals surface area contributed by atoms with Crippen molar-refractivity contribution in [3.63, 3.8) is 0 Å². The molecule has 0 aliphatic rings. The SMILES string of the molecule is CCc1nc(CNc2c(F)cccc2Cl)cs1. The van der Waals surface area contributed by atoms with Crippen molar-refractivity contribution in [1.29, 1.82) is 0 Å². The second-order valence-corrected chi connectivity index (χ2v) is 4.89. The molecular weight excluding hydrogens is 259 g/mol. The molecule has 0 aliphatic carbocycles. The topological polar surface area (TPSA) is 24.9 Å². The summed E-state index contributed by atoms with van der Waals surface area (Å²) in [5, 5.41) is 6.41. The Balaban J connectivity index is 2.07. The molecule has 0 aliphatic heterocycles. The van der Waals surface area contributed by atoms with Gasteiger partial charge in [-0.15, -0.1) is 11.3 Å². The average molecular weight is 271 g/mol. The lowest BCUT2D eigenvalue weighted by molar-refractivity contribution is 0.630. The molecule has 0 atom stereocenters. The lowest BCUT2D eigenvalue weighted by Crippen LogP contribution is -2.02. The number of nitrogens with one attached hydrogen (secondary N) is 1. The molecule has 0 radical (unpaired) electrons. The number of nitrogens with zero attached hydrogens (tertiary/aromatic N) is 1. The molecule has 0 bridgehead atoms. The highest BCUT2D eigenvalue weighted by molar-refractivity contribution is 7.09. The number of rotatable bonds is 4. The van der Waals surface area contributed by atoms with Crippen LogP contribution in [0.4, 0.5) is 10.1 Å². The minimum absolute atomic E-state index is 0.334. The van der Waals surface area contributed by atoms with Gasteiger partial charge >= 0.3 is 0 Å². The number of hydrogen-bond donors (Lipinski definition) is 1. The van der Waals surface area contributed by atoms with E-state index in [0.29, 0.717) is 17.3 Å². The first-order valence-corrected chi connectivity index (χ1v) is 6.57. The first-order valence-electron chi connectivity index (χ1n) is 5.32. The molecule has 0 saturated heterocycles. The van der Waals surface area contributed by atoms with E-state index in [4.69, 9.17) is 11.6 Å². The predicted octanol–water partition coefficient (Wildman–Crippen LogP) is 4.11. The lowest BCUT2D eigenvalue weighted by atomic mass is 10.3. The molecule has 0 saturated carbocycles. The molecule has 0 spiro atoms. The Hall–Kier alpha value is -1.13. The predicted molar refractivity (Wildman–Crippen MR) is 70.2 cm³/mol. The van der Waals surface area contributed by atoms with Crippen molar-refractivity contribution in [3.8, 4) is 0 Å². The molecule has 1 heterocycles. The van der Waals surface area contributed by atoms with Gasteiger partial charge in [0, 0.05) is 5.38 Å². The molecule has 2 aromatic rings. The van der Waals surface area contributed by atoms with Crippen LogP contribution < -0.4 is 5.32 Å². The van der Waals surface area contributed by atoms with E-state index in [1.807, 2.05) is 5.38 Å². The van der Waals surface area contributed by atoms with Crippen LogP contribution in [0.15, 0.2) is 23.6 Å². The summed E-state index contributed by atoms with van der Waals surface area (Å²) in [6.07, 6.45) is 0.922. The Labute approximate surface area is 108 Å². The maximum absolute atomic E-state index is 13.5. The van der Waals surface area contributed by atoms with Crippen molar-refractivity contribution in [2.75, 3.05) is 5.32 Å². The zero-order valence-corrected chi connectivity index (χ0v) is 10.9. The van der Waals surface area contributed by atoms with E-state index in [1.165, 1.54) is 6.07 Å². The second kappa shape index (κ2) is 5.47. The fourth-order valence-electron chi connectivity index (χ4n) is 1.44. The number of aryl methyl sites for hydroxylation is 1. The summed E-state index contributed by atoms with van der Waals surface area (Å²) in [6.45, 7) is 2.54. The van der Waals surface area contributed by atoms with Gasteiger partial charge in [0.2, 0.25) is 0 Å². The van der Waals surface area contributed by atoms with Gasteiger partial charge in [-0.05, 0) is 18.6 Å². The van der Waals surface area contributed by atoms with Crippen molar-refractivity contribution < 1.29 is 4.39 Å². The summed E-state index contributed by atoms with van der Waals surface area (Å²) in [5.74, 6) is -0.344. The van der Waals surface area contributed by atoms with Crippen LogP contribution in [0, 0.1) is 5.82 Å². The second-order valence-electron chi connectivity index (χ2n) is 3.54. The van der Waals surface area contributed by atoms with Crippen LogP contribution in [0.25, 0.3) is 0 Å². The van der Waals surface area contributed by atoms with Gasteiger partial charge in [0.1, 0.15) is 5.82 Å². The summed E-state index contributed by atoms with van der Waals surface area (Å²) in [4.78, 5) is 4.39. The molecule has 1 N–H and O–H groups in total. The highest BCUT2D eigenvalue weighted by Gasteiger charge is 2.07. The molecule has 5 heteroatoms. The summed E-state index contributed by atoms with van der Waals surface area (Å²) < 4.78 is 13.5. The number of aromatic nitrogens is 1. The molecule has 1 aromatic carbocycles. The van der Waals surface area contributed by atoms with Gasteiger partial charge in [-0.2, -0.15) is 0 Å². The van der Waals surface area contributed by atoms with E-state index in [1.54, 1.807) is 23.5 Å². The number of benzene rings is 1. The molecule has 2 nitrogen and oxygen atoms in total. The highest BCUT2D eigenvalue weighted by Crippen LogP contribution is 2.25. The van der Waals surface area contributed by atoms with E-state index in [2.05, 4.69) is 17.2 Å². The zero-order valence-electron chi connectivity index (χ0n) is 9.34. The van der Waals surface area contributed by atoms with Crippen molar-refractivity contribution in [2.45, 2.75) is 19.9 Å². The first kappa shape index (κ1) is 12.3. The summed E-state index contributed by atoms with van der Waals surface area (Å²) in [6, 6.07) is 4.62. The van der Waals surface area contributed by atoms with Gasteiger partial charge in [-0.3, -0.25) is 0 Å². The van der Waals surface area contributed by atoms with E-state index in [-0.39, 0.29) is 5.82 Å². The van der Waals surface area contributed by atoms with Crippen molar-refractivity contribution in [3.05, 3.63) is 45.1 Å². The first-order chi connectivity index (χ1) is 8.20. The van der Waals surface area contributed by atoms with Crippen LogP contribution in [0.5, 0.6) is 0 Å². The Morgan fingerprint density at radius 3 is 2.94 bits per heavy atom. The van der Waals surface area contributed by atoms with Crippen LogP contribution >= 0.6 is 22.9 Å².